The van der Waals surface area contributed by atoms with Gasteiger partial charge in [-0.15, -0.1) is 0 Å². The number of anilines is 5. The highest BCUT2D eigenvalue weighted by molar-refractivity contribution is 6.25. The second kappa shape index (κ2) is 19.1. The molecule has 7 amide bonds. The number of piperazine rings is 1. The Hall–Kier alpha value is -6.81. The van der Waals surface area contributed by atoms with Crippen molar-refractivity contribution in [2.45, 2.75) is 75.4 Å². The van der Waals surface area contributed by atoms with Gasteiger partial charge >= 0.3 is 5.92 Å². The third kappa shape index (κ3) is 9.13. The maximum absolute atomic E-state index is 15.1. The lowest BCUT2D eigenvalue weighted by molar-refractivity contribution is -0.140. The van der Waals surface area contributed by atoms with Crippen molar-refractivity contribution in [3.05, 3.63) is 59.3 Å². The number of aliphatic hydroxyl groups is 1. The number of nitrogens with one attached hydrogen (secondary N) is 3. The molecule has 3 aromatic rings. The van der Waals surface area contributed by atoms with E-state index in [0.29, 0.717) is 76.3 Å². The zero-order valence-electron chi connectivity index (χ0n) is 37.5. The van der Waals surface area contributed by atoms with Crippen LogP contribution in [-0.4, -0.2) is 168 Å². The second-order valence-electron chi connectivity index (χ2n) is 18.0. The van der Waals surface area contributed by atoms with Crippen molar-refractivity contribution < 1.29 is 52.2 Å². The molecule has 4 N–H and O–H groups in total. The molecule has 4 fully saturated rings. The van der Waals surface area contributed by atoms with Gasteiger partial charge in [0.15, 0.2) is 5.82 Å². The Morgan fingerprint density at radius 2 is 1.68 bits per heavy atom. The SMILES string of the molecule is CN1C(=O)C(F)(F)CN(C2CCCC2)c2nc(Nc3ccc(C(=O)NC4CCN(C(=O)CN5CCN(c6cccc7c6C(=O)N(C6CCC(=O)NC6=O)C7=O)CC5)CC4)cc3OCCO)ncc21. The van der Waals surface area contributed by atoms with Gasteiger partial charge in [0, 0.05) is 70.4 Å². The summed E-state index contributed by atoms with van der Waals surface area (Å²) in [7, 11) is 1.28. The fraction of sp³-hybridized carbons (Fsp3) is 0.500. The molecule has 22 heteroatoms. The van der Waals surface area contributed by atoms with Gasteiger partial charge in [-0.1, -0.05) is 18.9 Å². The van der Waals surface area contributed by atoms with E-state index < -0.39 is 48.0 Å². The third-order valence-corrected chi connectivity index (χ3v) is 13.7. The van der Waals surface area contributed by atoms with E-state index in [2.05, 4.69) is 25.9 Å². The molecule has 360 valence electrons. The van der Waals surface area contributed by atoms with E-state index in [4.69, 9.17) is 4.74 Å². The number of carbonyl (C=O) groups is 7. The van der Waals surface area contributed by atoms with Crippen molar-refractivity contribution in [2.24, 2.45) is 0 Å². The van der Waals surface area contributed by atoms with Gasteiger partial charge in [0.25, 0.3) is 23.6 Å². The number of rotatable bonds is 12. The van der Waals surface area contributed by atoms with Crippen LogP contribution >= 0.6 is 0 Å². The van der Waals surface area contributed by atoms with Crippen LogP contribution in [0, 0.1) is 0 Å². The fourth-order valence-electron chi connectivity index (χ4n) is 10.0. The third-order valence-electron chi connectivity index (χ3n) is 13.7. The Morgan fingerprint density at radius 1 is 0.926 bits per heavy atom. The zero-order valence-corrected chi connectivity index (χ0v) is 37.5. The molecule has 6 heterocycles. The molecule has 6 aliphatic rings. The molecule has 20 nitrogen and oxygen atoms in total. The summed E-state index contributed by atoms with van der Waals surface area (Å²) in [5.41, 5.74) is 1.83. The number of piperidine rings is 2. The predicted molar refractivity (Wildman–Crippen MR) is 241 cm³/mol. The maximum Gasteiger partial charge on any atom is 0.342 e. The van der Waals surface area contributed by atoms with Crippen LogP contribution < -0.4 is 35.4 Å². The number of aromatic nitrogens is 2. The number of likely N-dealkylation sites (tertiary alicyclic amines) is 1. The number of nitrogens with zero attached hydrogens (tertiary/aromatic N) is 8. The van der Waals surface area contributed by atoms with Crippen molar-refractivity contribution in [2.75, 3.05) is 92.6 Å². The highest BCUT2D eigenvalue weighted by Gasteiger charge is 2.49. The highest BCUT2D eigenvalue weighted by Crippen LogP contribution is 2.41. The molecule has 2 aromatic carbocycles. The maximum atomic E-state index is 15.1. The average Bonchev–Trinajstić information content (AvgIpc) is 3.95. The van der Waals surface area contributed by atoms with Crippen LogP contribution in [0.3, 0.4) is 0 Å². The molecule has 1 aliphatic carbocycles. The van der Waals surface area contributed by atoms with E-state index in [1.807, 2.05) is 9.80 Å². The topological polar surface area (TPSA) is 230 Å². The first kappa shape index (κ1) is 46.3. The van der Waals surface area contributed by atoms with E-state index in [0.717, 1.165) is 22.6 Å². The number of benzene rings is 2. The molecule has 3 saturated heterocycles. The molecule has 0 bridgehead atoms. The molecule has 68 heavy (non-hydrogen) atoms. The van der Waals surface area contributed by atoms with Crippen LogP contribution in [0.25, 0.3) is 0 Å². The van der Waals surface area contributed by atoms with E-state index in [9.17, 15) is 38.7 Å². The number of hydrogen-bond acceptors (Lipinski definition) is 15. The quantitative estimate of drug-likeness (QED) is 0.190. The van der Waals surface area contributed by atoms with Crippen molar-refractivity contribution in [1.82, 2.24) is 35.3 Å². The molecule has 5 aliphatic heterocycles. The largest absolute Gasteiger partial charge is 0.489 e. The normalized spacial score (nSPS) is 21.4. The number of alkyl halides is 2. The van der Waals surface area contributed by atoms with Crippen LogP contribution in [0.4, 0.5) is 37.6 Å². The summed E-state index contributed by atoms with van der Waals surface area (Å²) in [6, 6.07) is 8.26. The summed E-state index contributed by atoms with van der Waals surface area (Å²) in [6.45, 7) is 1.91. The van der Waals surface area contributed by atoms with Crippen LogP contribution in [0.5, 0.6) is 5.75 Å². The van der Waals surface area contributed by atoms with E-state index in [1.54, 1.807) is 35.2 Å². The summed E-state index contributed by atoms with van der Waals surface area (Å²) < 4.78 is 36.0. The monoisotopic (exact) mass is 941 g/mol. The lowest BCUT2D eigenvalue weighted by Gasteiger charge is -2.38. The van der Waals surface area contributed by atoms with Crippen LogP contribution in [-0.2, 0) is 19.2 Å². The lowest BCUT2D eigenvalue weighted by atomic mass is 10.0. The van der Waals surface area contributed by atoms with E-state index >= 15 is 8.78 Å². The Bertz CT molecular complexity index is 2520. The van der Waals surface area contributed by atoms with Gasteiger partial charge in [-0.05, 0) is 62.4 Å². The number of imide groups is 2. The van der Waals surface area contributed by atoms with Gasteiger partial charge in [0.05, 0.1) is 48.4 Å². The minimum atomic E-state index is -3.63. The number of aliphatic hydroxyl groups excluding tert-OH is 1. The van der Waals surface area contributed by atoms with Crippen LogP contribution in [0.1, 0.15) is 82.4 Å². The average molecular weight is 942 g/mol. The number of halogens is 2. The molecule has 1 saturated carbocycles. The fourth-order valence-corrected chi connectivity index (χ4v) is 10.0. The molecule has 0 spiro atoms. The standard InChI is InChI=1S/C46H53F2N11O9/c1-54-34-24-49-45(53-39(34)58(29-5-2-3-6-29)26-46(47,48)44(54)67)51-31-10-9-27(23-35(31)68-22-21-60)40(63)50-28-13-15-57(16-14-28)37(62)25-55-17-19-56(20-18-55)32-8-4-7-30-38(32)43(66)59(42(30)65)33-11-12-36(61)52-41(33)64/h4,7-10,23-24,28-29,33,60H,2-3,5-6,11-22,25-26H2,1H3,(H,50,63)(H,49,51,53)(H,52,61,64). The molecular weight excluding hydrogens is 889 g/mol. The molecule has 1 atom stereocenters. The van der Waals surface area contributed by atoms with Crippen LogP contribution in [0.15, 0.2) is 42.6 Å². The predicted octanol–water partition coefficient (Wildman–Crippen LogP) is 1.90. The lowest BCUT2D eigenvalue weighted by Crippen LogP contribution is -2.54. The Kier molecular flexibility index (Phi) is 13.0. The van der Waals surface area contributed by atoms with E-state index in [-0.39, 0.29) is 96.4 Å². The first-order valence-corrected chi connectivity index (χ1v) is 23.1. The summed E-state index contributed by atoms with van der Waals surface area (Å²) in [6.07, 6.45) is 5.62. The minimum Gasteiger partial charge on any atom is -0.489 e. The number of ether oxygens (including phenoxy) is 1. The van der Waals surface area contributed by atoms with Gasteiger partial charge in [-0.2, -0.15) is 13.8 Å². The number of carbonyl (C=O) groups excluding carboxylic acids is 7. The van der Waals surface area contributed by atoms with Crippen molar-refractivity contribution in [3.63, 3.8) is 0 Å². The Labute approximate surface area is 389 Å². The smallest absolute Gasteiger partial charge is 0.342 e. The molecule has 9 rings (SSSR count). The first-order chi connectivity index (χ1) is 32.7. The summed E-state index contributed by atoms with van der Waals surface area (Å²) in [5, 5.41) is 17.9. The van der Waals surface area contributed by atoms with Gasteiger partial charge in [0.1, 0.15) is 24.1 Å². The highest BCUT2D eigenvalue weighted by atomic mass is 19.3. The molecule has 1 aromatic heterocycles. The number of fused-ring (bicyclic) bond motifs is 2. The summed E-state index contributed by atoms with van der Waals surface area (Å²) in [5.74, 6) is -7.13. The second-order valence-corrected chi connectivity index (χ2v) is 18.0. The van der Waals surface area contributed by atoms with Gasteiger partial charge < -0.3 is 40.1 Å². The Balaban J connectivity index is 0.779. The van der Waals surface area contributed by atoms with Gasteiger partial charge in [0.2, 0.25) is 23.7 Å². The Morgan fingerprint density at radius 3 is 2.40 bits per heavy atom. The zero-order chi connectivity index (χ0) is 47.9. The van der Waals surface area contributed by atoms with Gasteiger partial charge in [-0.25, -0.2) is 4.98 Å². The van der Waals surface area contributed by atoms with Crippen molar-refractivity contribution in [3.8, 4) is 5.75 Å². The molecule has 1 unspecified atom stereocenters. The minimum absolute atomic E-state index is 0.0322. The van der Waals surface area contributed by atoms with Gasteiger partial charge in [-0.3, -0.25) is 48.7 Å². The first-order valence-electron chi connectivity index (χ1n) is 23.1. The number of amides is 7. The number of hydrogen-bond donors (Lipinski definition) is 4. The molecular formula is C46H53F2N11O9. The molecule has 0 radical (unpaired) electrons. The van der Waals surface area contributed by atoms with Crippen molar-refractivity contribution >= 4 is 70.2 Å². The summed E-state index contributed by atoms with van der Waals surface area (Å²) >= 11 is 0. The van der Waals surface area contributed by atoms with E-state index in [1.165, 1.54) is 24.2 Å². The van der Waals surface area contributed by atoms with Crippen LogP contribution in [0.2, 0.25) is 0 Å². The summed E-state index contributed by atoms with van der Waals surface area (Å²) in [4.78, 5) is 109. The van der Waals surface area contributed by atoms with Crippen molar-refractivity contribution in [1.29, 1.82) is 0 Å².